The van der Waals surface area contributed by atoms with Crippen LogP contribution in [0.25, 0.3) is 10.9 Å². The first-order valence-electron chi connectivity index (χ1n) is 13.5. The highest BCUT2D eigenvalue weighted by Gasteiger charge is 2.30. The van der Waals surface area contributed by atoms with E-state index in [0.717, 1.165) is 49.3 Å². The van der Waals surface area contributed by atoms with E-state index in [9.17, 15) is 9.90 Å². The van der Waals surface area contributed by atoms with Gasteiger partial charge in [-0.3, -0.25) is 9.78 Å². The molecule has 1 aromatic heterocycles. The van der Waals surface area contributed by atoms with Crippen molar-refractivity contribution < 1.29 is 19.0 Å². The van der Waals surface area contributed by atoms with Gasteiger partial charge in [0.05, 0.1) is 12.6 Å². The molecule has 6 heteroatoms. The van der Waals surface area contributed by atoms with E-state index in [1.54, 1.807) is 19.4 Å². The zero-order valence-corrected chi connectivity index (χ0v) is 21.1. The van der Waals surface area contributed by atoms with Crippen molar-refractivity contribution >= 4 is 16.9 Å². The molecule has 4 rings (SSSR count). The number of pyridine rings is 1. The Morgan fingerprint density at radius 2 is 1.97 bits per heavy atom. The van der Waals surface area contributed by atoms with Crippen LogP contribution in [-0.4, -0.2) is 47.7 Å². The molecule has 2 aliphatic rings. The minimum absolute atomic E-state index is 0.200. The van der Waals surface area contributed by atoms with Gasteiger partial charge in [-0.2, -0.15) is 0 Å². The van der Waals surface area contributed by atoms with E-state index in [2.05, 4.69) is 9.88 Å². The number of carboxylic acids is 1. The summed E-state index contributed by atoms with van der Waals surface area (Å²) < 4.78 is 20.9. The number of hydrogen-bond acceptors (Lipinski definition) is 4. The third kappa shape index (κ3) is 7.16. The average molecular weight is 485 g/mol. The Hall–Kier alpha value is -2.21. The molecule has 1 aromatic carbocycles. The van der Waals surface area contributed by atoms with Gasteiger partial charge in [0.15, 0.2) is 0 Å². The Morgan fingerprint density at radius 1 is 1.14 bits per heavy atom. The molecular weight excluding hydrogens is 443 g/mol. The fourth-order valence-corrected chi connectivity index (χ4v) is 6.28. The third-order valence-corrected chi connectivity index (χ3v) is 8.39. The number of piperidine rings is 1. The molecule has 1 N–H and O–H groups in total. The largest absolute Gasteiger partial charge is 0.497 e. The summed E-state index contributed by atoms with van der Waals surface area (Å²) in [5, 5.41) is 10.1. The number of carboxylic acid groups (broad SMARTS) is 1. The standard InChI is InChI=1S/C29H41FN2O3/c1-35-24-9-11-28-26(19-24)25(13-16-31-28)27(30)10-7-22-15-18-32(20-23(22)8-12-29(33)34)17-14-21-5-3-2-4-6-21/h9,11,13,16,19,21-23,27H,2-8,10,12,14-15,17-18,20H2,1H3,(H,33,34)/t22-,23-,27-/m1/s1. The van der Waals surface area contributed by atoms with Crippen molar-refractivity contribution in [2.75, 3.05) is 26.7 Å². The van der Waals surface area contributed by atoms with Crippen LogP contribution in [0.4, 0.5) is 4.39 Å². The molecule has 0 spiro atoms. The van der Waals surface area contributed by atoms with Crippen molar-refractivity contribution in [1.29, 1.82) is 0 Å². The summed E-state index contributed by atoms with van der Waals surface area (Å²) in [7, 11) is 1.61. The number of halogens is 1. The summed E-state index contributed by atoms with van der Waals surface area (Å²) in [6, 6.07) is 7.36. The monoisotopic (exact) mass is 484 g/mol. The lowest BCUT2D eigenvalue weighted by atomic mass is 9.78. The molecule has 0 unspecified atom stereocenters. The number of alkyl halides is 1. The van der Waals surface area contributed by atoms with E-state index in [-0.39, 0.29) is 6.42 Å². The van der Waals surface area contributed by atoms with Gasteiger partial charge in [-0.1, -0.05) is 32.1 Å². The van der Waals surface area contributed by atoms with E-state index in [1.807, 2.05) is 18.2 Å². The lowest BCUT2D eigenvalue weighted by molar-refractivity contribution is -0.137. The predicted molar refractivity (Wildman–Crippen MR) is 137 cm³/mol. The smallest absolute Gasteiger partial charge is 0.303 e. The molecule has 1 saturated heterocycles. The Balaban J connectivity index is 1.36. The maximum atomic E-state index is 15.5. The first kappa shape index (κ1) is 25.9. The molecular formula is C29H41FN2O3. The normalized spacial score (nSPS) is 22.8. The first-order chi connectivity index (χ1) is 17.0. The van der Waals surface area contributed by atoms with Gasteiger partial charge in [0.2, 0.25) is 0 Å². The molecule has 3 atom stereocenters. The zero-order valence-electron chi connectivity index (χ0n) is 21.1. The van der Waals surface area contributed by atoms with Crippen molar-refractivity contribution in [2.24, 2.45) is 17.8 Å². The molecule has 0 bridgehead atoms. The molecule has 1 aliphatic carbocycles. The molecule has 1 saturated carbocycles. The maximum Gasteiger partial charge on any atom is 0.303 e. The third-order valence-electron chi connectivity index (χ3n) is 8.39. The lowest BCUT2D eigenvalue weighted by Gasteiger charge is -2.39. The topological polar surface area (TPSA) is 62.7 Å². The minimum atomic E-state index is -1.07. The highest BCUT2D eigenvalue weighted by Crippen LogP contribution is 2.37. The number of fused-ring (bicyclic) bond motifs is 1. The number of ether oxygens (including phenoxy) is 1. The molecule has 1 aliphatic heterocycles. The van der Waals surface area contributed by atoms with Crippen molar-refractivity contribution in [3.8, 4) is 5.75 Å². The van der Waals surface area contributed by atoms with Crippen LogP contribution in [0.15, 0.2) is 30.5 Å². The van der Waals surface area contributed by atoms with Crippen LogP contribution in [0, 0.1) is 17.8 Å². The summed E-state index contributed by atoms with van der Waals surface area (Å²) in [6.45, 7) is 3.13. The number of aliphatic carboxylic acids is 1. The number of nitrogens with zero attached hydrogens (tertiary/aromatic N) is 2. The lowest BCUT2D eigenvalue weighted by Crippen LogP contribution is -2.41. The predicted octanol–water partition coefficient (Wildman–Crippen LogP) is 6.81. The van der Waals surface area contributed by atoms with Crippen LogP contribution in [0.1, 0.15) is 82.4 Å². The van der Waals surface area contributed by atoms with Crippen molar-refractivity contribution in [3.63, 3.8) is 0 Å². The molecule has 35 heavy (non-hydrogen) atoms. The zero-order chi connectivity index (χ0) is 24.6. The fourth-order valence-electron chi connectivity index (χ4n) is 6.28. The molecule has 0 amide bonds. The number of benzene rings is 1. The van der Waals surface area contributed by atoms with E-state index in [1.165, 1.54) is 38.5 Å². The highest BCUT2D eigenvalue weighted by molar-refractivity contribution is 5.83. The van der Waals surface area contributed by atoms with Gasteiger partial charge in [0, 0.05) is 24.5 Å². The van der Waals surface area contributed by atoms with E-state index in [0.29, 0.717) is 36.0 Å². The maximum absolute atomic E-state index is 15.5. The summed E-state index contributed by atoms with van der Waals surface area (Å²) >= 11 is 0. The van der Waals surface area contributed by atoms with Gasteiger partial charge in [-0.05, 0) is 92.8 Å². The Morgan fingerprint density at radius 3 is 2.74 bits per heavy atom. The molecule has 5 nitrogen and oxygen atoms in total. The second-order valence-electron chi connectivity index (χ2n) is 10.7. The quantitative estimate of drug-likeness (QED) is 0.380. The second-order valence-corrected chi connectivity index (χ2v) is 10.7. The van der Waals surface area contributed by atoms with Crippen LogP contribution < -0.4 is 4.74 Å². The van der Waals surface area contributed by atoms with Gasteiger partial charge in [-0.15, -0.1) is 0 Å². The molecule has 2 fully saturated rings. The molecule has 2 aromatic rings. The molecule has 0 radical (unpaired) electrons. The summed E-state index contributed by atoms with van der Waals surface area (Å²) in [5.41, 5.74) is 1.44. The van der Waals surface area contributed by atoms with Gasteiger partial charge in [0.1, 0.15) is 11.9 Å². The van der Waals surface area contributed by atoms with Gasteiger partial charge >= 0.3 is 5.97 Å². The summed E-state index contributed by atoms with van der Waals surface area (Å²) in [5.74, 6) is 1.53. The number of likely N-dealkylation sites (tertiary alicyclic amines) is 1. The van der Waals surface area contributed by atoms with Crippen LogP contribution in [0.5, 0.6) is 5.75 Å². The SMILES string of the molecule is COc1ccc2nccc([C@H](F)CC[C@@H]3CCN(CCC4CCCCC4)C[C@H]3CCC(=O)O)c2c1. The van der Waals surface area contributed by atoms with Crippen molar-refractivity contribution in [1.82, 2.24) is 9.88 Å². The number of aromatic nitrogens is 1. The molecule has 192 valence electrons. The molecule has 2 heterocycles. The van der Waals surface area contributed by atoms with E-state index < -0.39 is 12.1 Å². The number of methoxy groups -OCH3 is 1. The second kappa shape index (κ2) is 12.7. The van der Waals surface area contributed by atoms with Crippen LogP contribution in [0.3, 0.4) is 0 Å². The summed E-state index contributed by atoms with van der Waals surface area (Å²) in [4.78, 5) is 18.2. The number of hydrogen-bond donors (Lipinski definition) is 1. The van der Waals surface area contributed by atoms with Gasteiger partial charge in [0.25, 0.3) is 0 Å². The Kier molecular flexibility index (Phi) is 9.36. The van der Waals surface area contributed by atoms with Gasteiger partial charge < -0.3 is 14.7 Å². The van der Waals surface area contributed by atoms with Crippen LogP contribution in [0.2, 0.25) is 0 Å². The summed E-state index contributed by atoms with van der Waals surface area (Å²) in [6.07, 6.45) is 11.9. The Bertz CT molecular complexity index is 962. The van der Waals surface area contributed by atoms with Crippen LogP contribution >= 0.6 is 0 Å². The number of rotatable bonds is 11. The first-order valence-corrected chi connectivity index (χ1v) is 13.5. The van der Waals surface area contributed by atoms with Gasteiger partial charge in [-0.25, -0.2) is 4.39 Å². The van der Waals surface area contributed by atoms with Crippen LogP contribution in [-0.2, 0) is 4.79 Å². The van der Waals surface area contributed by atoms with Crippen molar-refractivity contribution in [3.05, 3.63) is 36.0 Å². The fraction of sp³-hybridized carbons (Fsp3) is 0.655. The Labute approximate surface area is 209 Å². The van der Waals surface area contributed by atoms with E-state index in [4.69, 9.17) is 4.74 Å². The van der Waals surface area contributed by atoms with Crippen molar-refractivity contribution in [2.45, 2.75) is 76.8 Å². The number of carbonyl (C=O) groups is 1. The average Bonchev–Trinajstić information content (AvgIpc) is 2.89. The van der Waals surface area contributed by atoms with E-state index >= 15 is 4.39 Å². The highest BCUT2D eigenvalue weighted by atomic mass is 19.1. The minimum Gasteiger partial charge on any atom is -0.497 e.